The van der Waals surface area contributed by atoms with Crippen molar-refractivity contribution in [3.63, 3.8) is 0 Å². The first-order valence-corrected chi connectivity index (χ1v) is 6.80. The van der Waals surface area contributed by atoms with Gasteiger partial charge in [-0.1, -0.05) is 13.3 Å². The summed E-state index contributed by atoms with van der Waals surface area (Å²) < 4.78 is 4.74. The number of aliphatic hydroxyl groups is 5. The van der Waals surface area contributed by atoms with Crippen LogP contribution in [0.1, 0.15) is 19.8 Å². The van der Waals surface area contributed by atoms with E-state index in [2.05, 4.69) is 5.29 Å². The molecule has 0 radical (unpaired) electrons. The number of urea groups is 1. The molecule has 0 aromatic rings. The van der Waals surface area contributed by atoms with Gasteiger partial charge in [-0.25, -0.2) is 4.79 Å². The van der Waals surface area contributed by atoms with Crippen molar-refractivity contribution in [3.8, 4) is 0 Å². The van der Waals surface area contributed by atoms with Gasteiger partial charge in [0.2, 0.25) is 0 Å². The molecule has 0 bridgehead atoms. The third-order valence-electron chi connectivity index (χ3n) is 3.26. The Bertz CT molecular complexity index is 384. The largest absolute Gasteiger partial charge is 0.387 e. The molecule has 0 aliphatic carbocycles. The predicted octanol–water partition coefficient (Wildman–Crippen LogP) is -2.40. The van der Waals surface area contributed by atoms with E-state index in [0.29, 0.717) is 17.9 Å². The maximum Gasteiger partial charge on any atom is 0.342 e. The second-order valence-electron chi connectivity index (χ2n) is 4.92. The van der Waals surface area contributed by atoms with Gasteiger partial charge in [0.1, 0.15) is 24.4 Å². The van der Waals surface area contributed by atoms with E-state index in [1.54, 1.807) is 0 Å². The summed E-state index contributed by atoms with van der Waals surface area (Å²) in [4.78, 5) is 22.3. The van der Waals surface area contributed by atoms with E-state index in [-0.39, 0.29) is 6.54 Å². The van der Waals surface area contributed by atoms with Gasteiger partial charge in [-0.2, -0.15) is 5.01 Å². The van der Waals surface area contributed by atoms with Gasteiger partial charge in [0.15, 0.2) is 12.5 Å². The normalized spacial score (nSPS) is 33.1. The SMILES string of the molecule is CCCCN(N=O)C(=O)NC(O)[C@H]1OC(O)[C@H](O)[C@@H](O)[C@@H]1O. The lowest BCUT2D eigenvalue weighted by atomic mass is 9.98. The number of nitrogens with zero attached hydrogens (tertiary/aromatic N) is 2. The molecule has 1 aliphatic heterocycles. The van der Waals surface area contributed by atoms with E-state index in [9.17, 15) is 35.2 Å². The van der Waals surface area contributed by atoms with Crippen LogP contribution >= 0.6 is 0 Å². The minimum Gasteiger partial charge on any atom is -0.387 e. The number of nitrogens with one attached hydrogen (secondary N) is 1. The van der Waals surface area contributed by atoms with Crippen LogP contribution in [0.15, 0.2) is 5.29 Å². The second-order valence-corrected chi connectivity index (χ2v) is 4.92. The average molecular weight is 323 g/mol. The molecule has 1 rings (SSSR count). The van der Waals surface area contributed by atoms with Crippen LogP contribution in [0.4, 0.5) is 4.79 Å². The number of amides is 2. The molecule has 11 heteroatoms. The summed E-state index contributed by atoms with van der Waals surface area (Å²) in [5.41, 5.74) is 0. The minimum atomic E-state index is -1.85. The van der Waals surface area contributed by atoms with Gasteiger partial charge >= 0.3 is 6.03 Å². The molecule has 22 heavy (non-hydrogen) atoms. The zero-order chi connectivity index (χ0) is 16.9. The highest BCUT2D eigenvalue weighted by atomic mass is 16.6. The lowest BCUT2D eigenvalue weighted by molar-refractivity contribution is -0.298. The van der Waals surface area contributed by atoms with Crippen molar-refractivity contribution in [2.75, 3.05) is 6.54 Å². The maximum absolute atomic E-state index is 11.7. The summed E-state index contributed by atoms with van der Waals surface area (Å²) in [6.07, 6.45) is -9.36. The molecule has 1 saturated heterocycles. The van der Waals surface area contributed by atoms with E-state index in [1.165, 1.54) is 0 Å². The number of rotatable bonds is 6. The summed E-state index contributed by atoms with van der Waals surface area (Å²) >= 11 is 0. The van der Waals surface area contributed by atoms with Crippen molar-refractivity contribution in [1.29, 1.82) is 0 Å². The average Bonchev–Trinajstić information content (AvgIpc) is 2.49. The first-order chi connectivity index (χ1) is 10.3. The van der Waals surface area contributed by atoms with Gasteiger partial charge in [-0.15, -0.1) is 4.91 Å². The fourth-order valence-electron chi connectivity index (χ4n) is 1.92. The van der Waals surface area contributed by atoms with Crippen molar-refractivity contribution in [2.45, 2.75) is 56.7 Å². The van der Waals surface area contributed by atoms with E-state index in [0.717, 1.165) is 0 Å². The quantitative estimate of drug-likeness (QED) is 0.178. The summed E-state index contributed by atoms with van der Waals surface area (Å²) in [6.45, 7) is 1.88. The van der Waals surface area contributed by atoms with E-state index < -0.39 is 43.0 Å². The molecule has 2 amide bonds. The minimum absolute atomic E-state index is 0.0383. The molecule has 0 aromatic carbocycles. The smallest absolute Gasteiger partial charge is 0.342 e. The van der Waals surface area contributed by atoms with Gasteiger partial charge in [0.25, 0.3) is 0 Å². The Balaban J connectivity index is 2.65. The molecule has 1 heterocycles. The van der Waals surface area contributed by atoms with Crippen LogP contribution in [0.5, 0.6) is 0 Å². The van der Waals surface area contributed by atoms with Gasteiger partial charge in [0.05, 0.1) is 5.29 Å². The number of aliphatic hydroxyl groups excluding tert-OH is 5. The molecule has 2 unspecified atom stereocenters. The third-order valence-corrected chi connectivity index (χ3v) is 3.26. The first kappa shape index (κ1) is 18.7. The number of unbranched alkanes of at least 4 members (excludes halogenated alkanes) is 1. The van der Waals surface area contributed by atoms with Crippen molar-refractivity contribution >= 4 is 6.03 Å². The van der Waals surface area contributed by atoms with Crippen LogP contribution in [-0.4, -0.2) is 80.1 Å². The highest BCUT2D eigenvalue weighted by Crippen LogP contribution is 2.21. The van der Waals surface area contributed by atoms with Gasteiger partial charge in [-0.3, -0.25) is 0 Å². The molecule has 6 N–H and O–H groups in total. The van der Waals surface area contributed by atoms with Gasteiger partial charge < -0.3 is 35.6 Å². The first-order valence-electron chi connectivity index (χ1n) is 6.80. The second kappa shape index (κ2) is 8.31. The Morgan fingerprint density at radius 2 is 1.91 bits per heavy atom. The van der Waals surface area contributed by atoms with Crippen LogP contribution in [-0.2, 0) is 4.74 Å². The number of hydrogen-bond donors (Lipinski definition) is 6. The van der Waals surface area contributed by atoms with Gasteiger partial charge in [0, 0.05) is 6.54 Å². The van der Waals surface area contributed by atoms with Crippen LogP contribution in [0.3, 0.4) is 0 Å². The zero-order valence-electron chi connectivity index (χ0n) is 11.9. The fraction of sp³-hybridized carbons (Fsp3) is 0.909. The predicted molar refractivity (Wildman–Crippen MR) is 70.8 cm³/mol. The summed E-state index contributed by atoms with van der Waals surface area (Å²) in [5, 5.41) is 52.7. The highest BCUT2D eigenvalue weighted by molar-refractivity contribution is 5.73. The number of carbonyl (C=O) groups excluding carboxylic acids is 1. The van der Waals surface area contributed by atoms with Gasteiger partial charge in [-0.05, 0) is 6.42 Å². The zero-order valence-corrected chi connectivity index (χ0v) is 11.9. The molecule has 6 atom stereocenters. The standard InChI is InChI=1S/C11H21N3O8/c1-2-3-4-14(13-21)11(20)12-9(18)8-6(16)5(15)7(17)10(19)22-8/h5-10,15-19H,2-4H2,1H3,(H,12,20)/t5-,6-,7+,8-,9?,10?/m0/s1. The molecular formula is C11H21N3O8. The summed E-state index contributed by atoms with van der Waals surface area (Å²) in [6, 6.07) is -1.03. The lowest BCUT2D eigenvalue weighted by Gasteiger charge is -2.40. The Morgan fingerprint density at radius 3 is 2.45 bits per heavy atom. The molecule has 0 saturated carbocycles. The third kappa shape index (κ3) is 4.32. The maximum atomic E-state index is 11.7. The van der Waals surface area contributed by atoms with E-state index >= 15 is 0 Å². The summed E-state index contributed by atoms with van der Waals surface area (Å²) in [7, 11) is 0. The topological polar surface area (TPSA) is 172 Å². The molecule has 1 fully saturated rings. The Morgan fingerprint density at radius 1 is 1.27 bits per heavy atom. The van der Waals surface area contributed by atoms with E-state index in [4.69, 9.17) is 4.74 Å². The number of hydrogen-bond acceptors (Lipinski definition) is 9. The Labute approximate surface area is 126 Å². The molecular weight excluding hydrogens is 302 g/mol. The number of ether oxygens (including phenoxy) is 1. The summed E-state index contributed by atoms with van der Waals surface area (Å²) in [5.74, 6) is 0. The molecule has 0 spiro atoms. The Hall–Kier alpha value is -1.37. The monoisotopic (exact) mass is 323 g/mol. The molecule has 128 valence electrons. The Kier molecular flexibility index (Phi) is 7.06. The number of carbonyl (C=O) groups is 1. The van der Waals surface area contributed by atoms with Crippen LogP contribution in [0.2, 0.25) is 0 Å². The lowest BCUT2D eigenvalue weighted by Crippen LogP contribution is -2.63. The van der Waals surface area contributed by atoms with E-state index in [1.807, 2.05) is 12.2 Å². The number of nitroso groups, excluding NO2 is 1. The molecule has 11 nitrogen and oxygen atoms in total. The highest BCUT2D eigenvalue weighted by Gasteiger charge is 2.46. The van der Waals surface area contributed by atoms with Crippen molar-refractivity contribution < 1.29 is 35.1 Å². The molecule has 1 aliphatic rings. The van der Waals surface area contributed by atoms with Crippen LogP contribution < -0.4 is 5.32 Å². The molecule has 0 aromatic heterocycles. The van der Waals surface area contributed by atoms with Crippen molar-refractivity contribution in [1.82, 2.24) is 10.3 Å². The van der Waals surface area contributed by atoms with Crippen LogP contribution in [0.25, 0.3) is 0 Å². The van der Waals surface area contributed by atoms with Crippen molar-refractivity contribution in [2.24, 2.45) is 5.29 Å². The van der Waals surface area contributed by atoms with Crippen LogP contribution in [0, 0.1) is 4.91 Å². The fourth-order valence-corrected chi connectivity index (χ4v) is 1.92. The van der Waals surface area contributed by atoms with Crippen molar-refractivity contribution in [3.05, 3.63) is 4.91 Å².